The van der Waals surface area contributed by atoms with Gasteiger partial charge >= 0.3 is 0 Å². The van der Waals surface area contributed by atoms with E-state index in [-0.39, 0.29) is 21.7 Å². The van der Waals surface area contributed by atoms with Gasteiger partial charge < -0.3 is 0 Å². The van der Waals surface area contributed by atoms with Crippen molar-refractivity contribution in [2.45, 2.75) is 126 Å². The van der Waals surface area contributed by atoms with Crippen LogP contribution in [0.3, 0.4) is 0 Å². The summed E-state index contributed by atoms with van der Waals surface area (Å²) in [5.74, 6) is 0. The quantitative estimate of drug-likeness (QED) is 0.396. The first-order chi connectivity index (χ1) is 14.7. The Morgan fingerprint density at radius 3 is 1.03 bits per heavy atom. The average Bonchev–Trinajstić information content (AvgIpc) is 2.60. The molecule has 0 heterocycles. The van der Waals surface area contributed by atoms with E-state index in [4.69, 9.17) is 0 Å². The lowest BCUT2D eigenvalue weighted by Crippen LogP contribution is -2.33. The van der Waals surface area contributed by atoms with Gasteiger partial charge in [-0.1, -0.05) is 114 Å². The average molecular weight is 467 g/mol. The van der Waals surface area contributed by atoms with Gasteiger partial charge in [-0.25, -0.2) is 0 Å². The second-order valence-electron chi connectivity index (χ2n) is 14.1. The van der Waals surface area contributed by atoms with Crippen LogP contribution in [0.4, 0.5) is 0 Å². The predicted molar refractivity (Wildman–Crippen MR) is 154 cm³/mol. The van der Waals surface area contributed by atoms with Gasteiger partial charge in [0.05, 0.1) is 0 Å². The fraction of sp³-hybridized carbons (Fsp3) is 0.625. The lowest BCUT2D eigenvalue weighted by atomic mass is 9.79. The highest BCUT2D eigenvalue weighted by Gasteiger charge is 2.32. The van der Waals surface area contributed by atoms with Gasteiger partial charge in [-0.05, 0) is 93.6 Å². The van der Waals surface area contributed by atoms with Crippen molar-refractivity contribution in [1.29, 1.82) is 0 Å². The Balaban J connectivity index is 2.97. The van der Waals surface area contributed by atoms with E-state index in [1.807, 2.05) is 0 Å². The molecule has 0 N–H and O–H groups in total. The maximum atomic E-state index is 2.53. The van der Waals surface area contributed by atoms with Crippen LogP contribution in [0.5, 0.6) is 0 Å². The predicted octanol–water partition coefficient (Wildman–Crippen LogP) is 8.95. The maximum absolute atomic E-state index is 2.53. The third kappa shape index (κ3) is 6.11. The standard InChI is InChI=1S/C32H51P/c1-16-33(27-21(2)17-23(29(4,5)6)19-25(27)31(10,11)12)28-22(3)18-24(30(7,8)9)20-26(28)32(13,14)15/h17-20H,16H2,1-15H3. The molecule has 0 atom stereocenters. The van der Waals surface area contributed by atoms with Crippen LogP contribution in [0.25, 0.3) is 0 Å². The summed E-state index contributed by atoms with van der Waals surface area (Å²) in [6, 6.07) is 10.0. The van der Waals surface area contributed by atoms with Gasteiger partial charge in [0.1, 0.15) is 0 Å². The third-order valence-corrected chi connectivity index (χ3v) is 9.70. The summed E-state index contributed by atoms with van der Waals surface area (Å²) in [6.07, 6.45) is 1.17. The molecule has 184 valence electrons. The molecular weight excluding hydrogens is 415 g/mol. The molecule has 0 fully saturated rings. The van der Waals surface area contributed by atoms with Crippen LogP contribution >= 0.6 is 7.92 Å². The molecule has 0 bridgehead atoms. The lowest BCUT2D eigenvalue weighted by molar-refractivity contribution is 0.570. The SMILES string of the molecule is CCP(c1c(C)cc(C(C)(C)C)cc1C(C)(C)C)c1c(C)cc(C(C)(C)C)cc1C(C)(C)C. The molecule has 0 aliphatic heterocycles. The zero-order chi connectivity index (χ0) is 25.7. The highest BCUT2D eigenvalue weighted by molar-refractivity contribution is 7.73. The minimum atomic E-state index is -0.457. The van der Waals surface area contributed by atoms with Gasteiger partial charge in [-0.3, -0.25) is 0 Å². The largest absolute Gasteiger partial charge is 0.0608 e. The summed E-state index contributed by atoms with van der Waals surface area (Å²) in [5, 5.41) is 3.23. The number of aryl methyl sites for hydroxylation is 2. The normalized spacial score (nSPS) is 13.7. The Morgan fingerprint density at radius 1 is 0.515 bits per heavy atom. The monoisotopic (exact) mass is 466 g/mol. The highest BCUT2D eigenvalue weighted by atomic mass is 31.1. The van der Waals surface area contributed by atoms with E-state index in [0.29, 0.717) is 0 Å². The molecule has 0 unspecified atom stereocenters. The van der Waals surface area contributed by atoms with Crippen LogP contribution in [0.2, 0.25) is 0 Å². The number of benzene rings is 2. The number of hydrogen-bond acceptors (Lipinski definition) is 0. The van der Waals surface area contributed by atoms with Gasteiger partial charge in [0, 0.05) is 0 Å². The molecular formula is C32H51P. The van der Waals surface area contributed by atoms with E-state index in [2.05, 4.69) is 128 Å². The van der Waals surface area contributed by atoms with Crippen LogP contribution in [-0.2, 0) is 21.7 Å². The molecule has 0 aromatic heterocycles. The van der Waals surface area contributed by atoms with Gasteiger partial charge in [0.25, 0.3) is 0 Å². The van der Waals surface area contributed by atoms with E-state index in [9.17, 15) is 0 Å². The van der Waals surface area contributed by atoms with Crippen molar-refractivity contribution < 1.29 is 0 Å². The Labute approximate surface area is 207 Å². The summed E-state index contributed by atoms with van der Waals surface area (Å²) in [7, 11) is -0.457. The van der Waals surface area contributed by atoms with E-state index in [0.717, 1.165) is 0 Å². The smallest absolute Gasteiger partial charge is 0.0125 e. The molecule has 0 saturated carbocycles. The fourth-order valence-corrected chi connectivity index (χ4v) is 7.93. The first-order valence-electron chi connectivity index (χ1n) is 12.8. The summed E-state index contributed by atoms with van der Waals surface area (Å²) in [6.45, 7) is 35.5. The van der Waals surface area contributed by atoms with Gasteiger partial charge in [-0.15, -0.1) is 0 Å². The molecule has 0 saturated heterocycles. The molecule has 2 aromatic rings. The van der Waals surface area contributed by atoms with Crippen LogP contribution in [0.1, 0.15) is 123 Å². The van der Waals surface area contributed by atoms with Crippen molar-refractivity contribution in [3.05, 3.63) is 57.6 Å². The highest BCUT2D eigenvalue weighted by Crippen LogP contribution is 2.45. The fourth-order valence-electron chi connectivity index (χ4n) is 4.71. The summed E-state index contributed by atoms with van der Waals surface area (Å²) in [5.41, 5.74) is 9.46. The molecule has 33 heavy (non-hydrogen) atoms. The van der Waals surface area contributed by atoms with Gasteiger partial charge in [0.2, 0.25) is 0 Å². The molecule has 2 aromatic carbocycles. The lowest BCUT2D eigenvalue weighted by Gasteiger charge is -2.36. The topological polar surface area (TPSA) is 0 Å². The number of hydrogen-bond donors (Lipinski definition) is 0. The Kier molecular flexibility index (Phi) is 7.79. The molecule has 1 heteroatoms. The van der Waals surface area contributed by atoms with Crippen LogP contribution < -0.4 is 10.6 Å². The Bertz CT molecular complexity index is 914. The zero-order valence-corrected chi connectivity index (χ0v) is 25.4. The van der Waals surface area contributed by atoms with E-state index < -0.39 is 7.92 Å². The first-order valence-corrected chi connectivity index (χ1v) is 14.3. The first kappa shape index (κ1) is 28.1. The molecule has 2 rings (SSSR count). The van der Waals surface area contributed by atoms with Crippen molar-refractivity contribution in [3.8, 4) is 0 Å². The van der Waals surface area contributed by atoms with Crippen LogP contribution in [-0.4, -0.2) is 6.16 Å². The second kappa shape index (κ2) is 9.15. The second-order valence-corrected chi connectivity index (χ2v) is 16.5. The Morgan fingerprint density at radius 2 is 0.818 bits per heavy atom. The van der Waals surface area contributed by atoms with Gasteiger partial charge in [0.15, 0.2) is 0 Å². The summed E-state index contributed by atoms with van der Waals surface area (Å²) in [4.78, 5) is 0. The molecule has 0 aliphatic carbocycles. The minimum absolute atomic E-state index is 0.109. The maximum Gasteiger partial charge on any atom is -0.0125 e. The molecule has 0 aliphatic rings. The molecule has 0 amide bonds. The van der Waals surface area contributed by atoms with Gasteiger partial charge in [-0.2, -0.15) is 0 Å². The molecule has 0 radical (unpaired) electrons. The van der Waals surface area contributed by atoms with Crippen LogP contribution in [0.15, 0.2) is 24.3 Å². The minimum Gasteiger partial charge on any atom is -0.0608 e. The van der Waals surface area contributed by atoms with Crippen molar-refractivity contribution in [2.75, 3.05) is 6.16 Å². The molecule has 0 nitrogen and oxygen atoms in total. The van der Waals surface area contributed by atoms with Crippen molar-refractivity contribution in [1.82, 2.24) is 0 Å². The van der Waals surface area contributed by atoms with Crippen molar-refractivity contribution in [2.24, 2.45) is 0 Å². The number of rotatable bonds is 3. The zero-order valence-electron chi connectivity index (χ0n) is 24.5. The summed E-state index contributed by atoms with van der Waals surface area (Å²) >= 11 is 0. The summed E-state index contributed by atoms with van der Waals surface area (Å²) < 4.78 is 0. The van der Waals surface area contributed by atoms with E-state index >= 15 is 0 Å². The molecule has 0 spiro atoms. The van der Waals surface area contributed by atoms with E-state index in [1.54, 1.807) is 21.7 Å². The Hall–Kier alpha value is -1.13. The third-order valence-electron chi connectivity index (χ3n) is 6.81. The van der Waals surface area contributed by atoms with E-state index in [1.165, 1.54) is 28.4 Å². The van der Waals surface area contributed by atoms with Crippen molar-refractivity contribution >= 4 is 18.5 Å². The van der Waals surface area contributed by atoms with Crippen molar-refractivity contribution in [3.63, 3.8) is 0 Å². The van der Waals surface area contributed by atoms with Crippen LogP contribution in [0, 0.1) is 13.8 Å².